The van der Waals surface area contributed by atoms with Crippen molar-refractivity contribution in [2.75, 3.05) is 26.4 Å². The van der Waals surface area contributed by atoms with Crippen LogP contribution >= 0.6 is 0 Å². The predicted molar refractivity (Wildman–Crippen MR) is 66.8 cm³/mol. The van der Waals surface area contributed by atoms with E-state index in [1.807, 2.05) is 0 Å². The molecule has 0 aromatic carbocycles. The van der Waals surface area contributed by atoms with E-state index in [1.165, 1.54) is 32.1 Å². The minimum absolute atomic E-state index is 0.520. The molecule has 1 fully saturated rings. The van der Waals surface area contributed by atoms with Gasteiger partial charge >= 0.3 is 0 Å². The third kappa shape index (κ3) is 5.83. The molecule has 1 aliphatic heterocycles. The lowest BCUT2D eigenvalue weighted by atomic mass is 10.1. The highest BCUT2D eigenvalue weighted by Crippen LogP contribution is 2.18. The lowest BCUT2D eigenvalue weighted by Crippen LogP contribution is -2.33. The van der Waals surface area contributed by atoms with Gasteiger partial charge in [0.15, 0.2) is 0 Å². The molecule has 1 N–H and O–H groups in total. The average Bonchev–Trinajstić information content (AvgIpc) is 2.79. The molecular weight excluding hydrogens is 202 g/mol. The number of rotatable bonds is 9. The predicted octanol–water partition coefficient (Wildman–Crippen LogP) is 2.35. The first-order chi connectivity index (χ1) is 7.86. The molecule has 16 heavy (non-hydrogen) atoms. The Balaban J connectivity index is 2.05. The molecule has 2 atom stereocenters. The SMILES string of the molecule is CCNC(CCCC1CCCO1)COCC. The molecule has 0 radical (unpaired) electrons. The van der Waals surface area contributed by atoms with E-state index in [0.717, 1.165) is 26.4 Å². The summed E-state index contributed by atoms with van der Waals surface area (Å²) in [5.74, 6) is 0. The van der Waals surface area contributed by atoms with Gasteiger partial charge in [-0.1, -0.05) is 6.92 Å². The monoisotopic (exact) mass is 229 g/mol. The van der Waals surface area contributed by atoms with Gasteiger partial charge in [-0.15, -0.1) is 0 Å². The van der Waals surface area contributed by atoms with Gasteiger partial charge in [-0.2, -0.15) is 0 Å². The van der Waals surface area contributed by atoms with Gasteiger partial charge in [0.25, 0.3) is 0 Å². The maximum absolute atomic E-state index is 5.62. The molecule has 3 nitrogen and oxygen atoms in total. The quantitative estimate of drug-likeness (QED) is 0.658. The maximum atomic E-state index is 5.62. The zero-order valence-corrected chi connectivity index (χ0v) is 10.8. The van der Waals surface area contributed by atoms with Crippen molar-refractivity contribution < 1.29 is 9.47 Å². The molecule has 1 saturated heterocycles. The van der Waals surface area contributed by atoms with Crippen LogP contribution in [-0.4, -0.2) is 38.5 Å². The van der Waals surface area contributed by atoms with Crippen molar-refractivity contribution in [3.63, 3.8) is 0 Å². The molecule has 0 aromatic heterocycles. The summed E-state index contributed by atoms with van der Waals surface area (Å²) >= 11 is 0. The maximum Gasteiger partial charge on any atom is 0.0619 e. The van der Waals surface area contributed by atoms with Crippen molar-refractivity contribution in [3.8, 4) is 0 Å². The Bertz CT molecular complexity index is 158. The van der Waals surface area contributed by atoms with Gasteiger partial charge < -0.3 is 14.8 Å². The van der Waals surface area contributed by atoms with Gasteiger partial charge in [-0.05, 0) is 45.6 Å². The van der Waals surface area contributed by atoms with Crippen LogP contribution in [-0.2, 0) is 9.47 Å². The molecule has 2 unspecified atom stereocenters. The van der Waals surface area contributed by atoms with Crippen molar-refractivity contribution in [1.82, 2.24) is 5.32 Å². The zero-order valence-electron chi connectivity index (χ0n) is 10.8. The molecule has 3 heteroatoms. The van der Waals surface area contributed by atoms with Crippen molar-refractivity contribution in [2.45, 2.75) is 58.1 Å². The summed E-state index contributed by atoms with van der Waals surface area (Å²) in [5, 5.41) is 3.48. The smallest absolute Gasteiger partial charge is 0.0619 e. The summed E-state index contributed by atoms with van der Waals surface area (Å²) in [6, 6.07) is 0.520. The van der Waals surface area contributed by atoms with Gasteiger partial charge in [0.05, 0.1) is 12.7 Å². The van der Waals surface area contributed by atoms with Crippen LogP contribution in [0, 0.1) is 0 Å². The number of likely N-dealkylation sites (N-methyl/N-ethyl adjacent to an activating group) is 1. The number of hydrogen-bond acceptors (Lipinski definition) is 3. The van der Waals surface area contributed by atoms with E-state index >= 15 is 0 Å². The van der Waals surface area contributed by atoms with Gasteiger partial charge in [0.1, 0.15) is 0 Å². The fourth-order valence-electron chi connectivity index (χ4n) is 2.26. The molecule has 0 saturated carbocycles. The molecule has 0 bridgehead atoms. The van der Waals surface area contributed by atoms with Crippen molar-refractivity contribution in [1.29, 1.82) is 0 Å². The van der Waals surface area contributed by atoms with E-state index in [9.17, 15) is 0 Å². The second-order valence-corrected chi connectivity index (χ2v) is 4.48. The minimum atomic E-state index is 0.520. The Morgan fingerprint density at radius 2 is 2.31 bits per heavy atom. The molecular formula is C13H27NO2. The van der Waals surface area contributed by atoms with Crippen LogP contribution in [0.15, 0.2) is 0 Å². The lowest BCUT2D eigenvalue weighted by molar-refractivity contribution is 0.0951. The Labute approximate surface area is 99.9 Å². The normalized spacial score (nSPS) is 22.5. The van der Waals surface area contributed by atoms with Crippen LogP contribution in [0.4, 0.5) is 0 Å². The van der Waals surface area contributed by atoms with Crippen molar-refractivity contribution >= 4 is 0 Å². The topological polar surface area (TPSA) is 30.5 Å². The fraction of sp³-hybridized carbons (Fsp3) is 1.00. The van der Waals surface area contributed by atoms with Crippen LogP contribution in [0.2, 0.25) is 0 Å². The Kier molecular flexibility index (Phi) is 7.81. The third-order valence-corrected chi connectivity index (χ3v) is 3.12. The summed E-state index contributed by atoms with van der Waals surface area (Å²) < 4.78 is 11.1. The molecule has 1 aliphatic rings. The van der Waals surface area contributed by atoms with E-state index < -0.39 is 0 Å². The first-order valence-electron chi connectivity index (χ1n) is 6.79. The van der Waals surface area contributed by atoms with Crippen molar-refractivity contribution in [2.24, 2.45) is 0 Å². The van der Waals surface area contributed by atoms with E-state index in [1.54, 1.807) is 0 Å². The standard InChI is InChI=1S/C13H27NO2/c1-3-14-12(11-15-4-2)7-5-8-13-9-6-10-16-13/h12-14H,3-11H2,1-2H3. The van der Waals surface area contributed by atoms with Gasteiger partial charge in [-0.3, -0.25) is 0 Å². The van der Waals surface area contributed by atoms with Gasteiger partial charge in [-0.25, -0.2) is 0 Å². The summed E-state index contributed by atoms with van der Waals surface area (Å²) in [5.41, 5.74) is 0. The van der Waals surface area contributed by atoms with Crippen LogP contribution in [0.25, 0.3) is 0 Å². The van der Waals surface area contributed by atoms with E-state index in [4.69, 9.17) is 9.47 Å². The Morgan fingerprint density at radius 3 is 2.94 bits per heavy atom. The zero-order chi connectivity index (χ0) is 11.6. The minimum Gasteiger partial charge on any atom is -0.380 e. The van der Waals surface area contributed by atoms with Crippen LogP contribution in [0.5, 0.6) is 0 Å². The molecule has 0 spiro atoms. The molecule has 1 heterocycles. The fourth-order valence-corrected chi connectivity index (χ4v) is 2.26. The first-order valence-corrected chi connectivity index (χ1v) is 6.79. The first kappa shape index (κ1) is 13.9. The van der Waals surface area contributed by atoms with Gasteiger partial charge in [0, 0.05) is 19.3 Å². The highest BCUT2D eigenvalue weighted by Gasteiger charge is 2.15. The number of nitrogens with one attached hydrogen (secondary N) is 1. The third-order valence-electron chi connectivity index (χ3n) is 3.12. The molecule has 1 rings (SSSR count). The molecule has 96 valence electrons. The summed E-state index contributed by atoms with van der Waals surface area (Å²) in [7, 11) is 0. The van der Waals surface area contributed by atoms with E-state index in [0.29, 0.717) is 12.1 Å². The second-order valence-electron chi connectivity index (χ2n) is 4.48. The van der Waals surface area contributed by atoms with E-state index in [-0.39, 0.29) is 0 Å². The van der Waals surface area contributed by atoms with Crippen LogP contribution in [0.3, 0.4) is 0 Å². The lowest BCUT2D eigenvalue weighted by Gasteiger charge is -2.18. The summed E-state index contributed by atoms with van der Waals surface area (Å²) in [4.78, 5) is 0. The van der Waals surface area contributed by atoms with Crippen LogP contribution in [0.1, 0.15) is 46.0 Å². The summed E-state index contributed by atoms with van der Waals surface area (Å²) in [6.07, 6.45) is 6.71. The molecule has 0 aromatic rings. The van der Waals surface area contributed by atoms with Gasteiger partial charge in [0.2, 0.25) is 0 Å². The summed E-state index contributed by atoms with van der Waals surface area (Å²) in [6.45, 7) is 7.86. The second kappa shape index (κ2) is 8.97. The highest BCUT2D eigenvalue weighted by atomic mass is 16.5. The Hall–Kier alpha value is -0.120. The number of hydrogen-bond donors (Lipinski definition) is 1. The Morgan fingerprint density at radius 1 is 1.44 bits per heavy atom. The average molecular weight is 229 g/mol. The van der Waals surface area contributed by atoms with Crippen molar-refractivity contribution in [3.05, 3.63) is 0 Å². The molecule has 0 aliphatic carbocycles. The van der Waals surface area contributed by atoms with E-state index in [2.05, 4.69) is 19.2 Å². The highest BCUT2D eigenvalue weighted by molar-refractivity contribution is 4.69. The largest absolute Gasteiger partial charge is 0.380 e. The molecule has 0 amide bonds. The number of ether oxygens (including phenoxy) is 2. The van der Waals surface area contributed by atoms with Crippen LogP contribution < -0.4 is 5.32 Å².